The van der Waals surface area contributed by atoms with Crippen molar-refractivity contribution in [1.82, 2.24) is 0 Å². The van der Waals surface area contributed by atoms with Gasteiger partial charge in [-0.15, -0.1) is 0 Å². The normalized spacial score (nSPS) is 11.7. The first kappa shape index (κ1) is 13.8. The third-order valence-electron chi connectivity index (χ3n) is 2.27. The zero-order valence-corrected chi connectivity index (χ0v) is 9.95. The SMILES string of the molecule is CCC(Oc1ccc([N+](=O)[O-])cc1OC)C(=O)O. The van der Waals surface area contributed by atoms with Crippen LogP contribution in [0.3, 0.4) is 0 Å². The topological polar surface area (TPSA) is 98.9 Å². The summed E-state index contributed by atoms with van der Waals surface area (Å²) in [6.45, 7) is 1.66. The Morgan fingerprint density at radius 3 is 2.61 bits per heavy atom. The number of non-ortho nitro benzene ring substituents is 1. The average molecular weight is 255 g/mol. The van der Waals surface area contributed by atoms with Gasteiger partial charge in [0.05, 0.1) is 18.1 Å². The van der Waals surface area contributed by atoms with E-state index in [1.165, 1.54) is 25.3 Å². The number of nitro groups is 1. The number of carboxylic acid groups (broad SMARTS) is 1. The van der Waals surface area contributed by atoms with Crippen molar-refractivity contribution in [2.24, 2.45) is 0 Å². The number of methoxy groups -OCH3 is 1. The monoisotopic (exact) mass is 255 g/mol. The molecule has 1 N–H and O–H groups in total. The fourth-order valence-corrected chi connectivity index (χ4v) is 1.33. The number of carboxylic acids is 1. The van der Waals surface area contributed by atoms with Gasteiger partial charge in [-0.2, -0.15) is 0 Å². The molecule has 0 aliphatic carbocycles. The molecule has 0 heterocycles. The van der Waals surface area contributed by atoms with Gasteiger partial charge in [0.2, 0.25) is 0 Å². The summed E-state index contributed by atoms with van der Waals surface area (Å²) in [7, 11) is 1.33. The molecule has 1 aromatic carbocycles. The van der Waals surface area contributed by atoms with Crippen molar-refractivity contribution >= 4 is 11.7 Å². The second-order valence-electron chi connectivity index (χ2n) is 3.45. The molecule has 0 bridgehead atoms. The number of rotatable bonds is 6. The minimum absolute atomic E-state index is 0.129. The minimum atomic E-state index is -1.10. The second-order valence-corrected chi connectivity index (χ2v) is 3.45. The van der Waals surface area contributed by atoms with Crippen LogP contribution in [-0.4, -0.2) is 29.2 Å². The predicted octanol–water partition coefficient (Wildman–Crippen LogP) is 1.85. The van der Waals surface area contributed by atoms with Gasteiger partial charge < -0.3 is 14.6 Å². The minimum Gasteiger partial charge on any atom is -0.493 e. The number of aliphatic carboxylic acids is 1. The maximum atomic E-state index is 10.8. The summed E-state index contributed by atoms with van der Waals surface area (Å²) in [6, 6.07) is 3.74. The van der Waals surface area contributed by atoms with Crippen molar-refractivity contribution in [2.75, 3.05) is 7.11 Å². The van der Waals surface area contributed by atoms with Gasteiger partial charge in [-0.25, -0.2) is 4.79 Å². The van der Waals surface area contributed by atoms with Gasteiger partial charge in [-0.1, -0.05) is 6.92 Å². The summed E-state index contributed by atoms with van der Waals surface area (Å²) in [4.78, 5) is 20.8. The molecule has 1 unspecified atom stereocenters. The highest BCUT2D eigenvalue weighted by molar-refractivity contribution is 5.72. The van der Waals surface area contributed by atoms with Crippen LogP contribution in [0.1, 0.15) is 13.3 Å². The fourth-order valence-electron chi connectivity index (χ4n) is 1.33. The van der Waals surface area contributed by atoms with Crippen molar-refractivity contribution < 1.29 is 24.3 Å². The van der Waals surface area contributed by atoms with Gasteiger partial charge in [-0.05, 0) is 12.5 Å². The molecule has 18 heavy (non-hydrogen) atoms. The van der Waals surface area contributed by atoms with Crippen molar-refractivity contribution in [2.45, 2.75) is 19.4 Å². The molecule has 0 fully saturated rings. The number of carbonyl (C=O) groups is 1. The van der Waals surface area contributed by atoms with Crippen LogP contribution >= 0.6 is 0 Å². The highest BCUT2D eigenvalue weighted by Crippen LogP contribution is 2.32. The number of nitro benzene ring substituents is 1. The molecule has 7 nitrogen and oxygen atoms in total. The number of benzene rings is 1. The summed E-state index contributed by atoms with van der Waals surface area (Å²) >= 11 is 0. The van der Waals surface area contributed by atoms with Crippen LogP contribution < -0.4 is 9.47 Å². The molecule has 0 spiro atoms. The first-order valence-electron chi connectivity index (χ1n) is 5.21. The highest BCUT2D eigenvalue weighted by Gasteiger charge is 2.20. The predicted molar refractivity (Wildman–Crippen MR) is 62.0 cm³/mol. The lowest BCUT2D eigenvalue weighted by Crippen LogP contribution is -2.26. The van der Waals surface area contributed by atoms with Crippen molar-refractivity contribution in [1.29, 1.82) is 0 Å². The summed E-state index contributed by atoms with van der Waals surface area (Å²) in [5, 5.41) is 19.4. The molecule has 1 rings (SSSR count). The molecule has 1 atom stereocenters. The molecule has 0 saturated carbocycles. The molecule has 0 aliphatic heterocycles. The molecule has 0 aromatic heterocycles. The molecule has 0 saturated heterocycles. The van der Waals surface area contributed by atoms with E-state index in [4.69, 9.17) is 14.6 Å². The molecule has 7 heteroatoms. The van der Waals surface area contributed by atoms with Crippen LogP contribution in [-0.2, 0) is 4.79 Å². The number of ether oxygens (including phenoxy) is 2. The summed E-state index contributed by atoms with van der Waals surface area (Å²) in [5.74, 6) is -0.806. The van der Waals surface area contributed by atoms with Crippen LogP contribution in [0.2, 0.25) is 0 Å². The lowest BCUT2D eigenvalue weighted by Gasteiger charge is -2.15. The Bertz CT molecular complexity index is 459. The maximum Gasteiger partial charge on any atom is 0.344 e. The zero-order chi connectivity index (χ0) is 13.7. The van der Waals surface area contributed by atoms with Crippen LogP contribution in [0.25, 0.3) is 0 Å². The number of hydrogen-bond acceptors (Lipinski definition) is 5. The molecule has 98 valence electrons. The Balaban J connectivity index is 3.02. The summed E-state index contributed by atoms with van der Waals surface area (Å²) in [6.07, 6.45) is -0.740. The lowest BCUT2D eigenvalue weighted by atomic mass is 10.2. The smallest absolute Gasteiger partial charge is 0.344 e. The average Bonchev–Trinajstić information content (AvgIpc) is 2.35. The molecule has 0 amide bonds. The molecule has 0 aliphatic rings. The molecular weight excluding hydrogens is 242 g/mol. The van der Waals surface area contributed by atoms with Crippen LogP contribution in [0, 0.1) is 10.1 Å². The Morgan fingerprint density at radius 1 is 1.50 bits per heavy atom. The number of nitrogens with zero attached hydrogens (tertiary/aromatic N) is 1. The Hall–Kier alpha value is -2.31. The Morgan fingerprint density at radius 2 is 2.17 bits per heavy atom. The van der Waals surface area contributed by atoms with Gasteiger partial charge >= 0.3 is 5.97 Å². The Kier molecular flexibility index (Phi) is 4.47. The van der Waals surface area contributed by atoms with E-state index in [0.29, 0.717) is 0 Å². The van der Waals surface area contributed by atoms with Crippen LogP contribution in [0.15, 0.2) is 18.2 Å². The summed E-state index contributed by atoms with van der Waals surface area (Å²) < 4.78 is 10.2. The highest BCUT2D eigenvalue weighted by atomic mass is 16.6. The van der Waals surface area contributed by atoms with E-state index in [1.54, 1.807) is 6.92 Å². The standard InChI is InChI=1S/C11H13NO6/c1-3-8(11(13)14)18-9-5-4-7(12(15)16)6-10(9)17-2/h4-6,8H,3H2,1-2H3,(H,13,14). The lowest BCUT2D eigenvalue weighted by molar-refractivity contribution is -0.385. The van der Waals surface area contributed by atoms with Crippen molar-refractivity contribution in [3.05, 3.63) is 28.3 Å². The van der Waals surface area contributed by atoms with E-state index in [2.05, 4.69) is 0 Å². The molecule has 0 radical (unpaired) electrons. The number of hydrogen-bond donors (Lipinski definition) is 1. The van der Waals surface area contributed by atoms with Gasteiger partial charge in [0, 0.05) is 6.07 Å². The van der Waals surface area contributed by atoms with E-state index >= 15 is 0 Å². The van der Waals surface area contributed by atoms with Crippen LogP contribution in [0.4, 0.5) is 5.69 Å². The van der Waals surface area contributed by atoms with E-state index in [0.717, 1.165) is 0 Å². The van der Waals surface area contributed by atoms with Gasteiger partial charge in [-0.3, -0.25) is 10.1 Å². The second kappa shape index (κ2) is 5.85. The van der Waals surface area contributed by atoms with E-state index < -0.39 is 17.0 Å². The van der Waals surface area contributed by atoms with Crippen molar-refractivity contribution in [3.63, 3.8) is 0 Å². The van der Waals surface area contributed by atoms with Gasteiger partial charge in [0.15, 0.2) is 17.6 Å². The fraction of sp³-hybridized carbons (Fsp3) is 0.364. The third kappa shape index (κ3) is 3.09. The van der Waals surface area contributed by atoms with Crippen molar-refractivity contribution in [3.8, 4) is 11.5 Å². The maximum absolute atomic E-state index is 10.8. The Labute approximate surface area is 103 Å². The van der Waals surface area contributed by atoms with E-state index in [-0.39, 0.29) is 23.6 Å². The quantitative estimate of drug-likeness (QED) is 0.615. The molecule has 1 aromatic rings. The van der Waals surface area contributed by atoms with Gasteiger partial charge in [0.1, 0.15) is 0 Å². The van der Waals surface area contributed by atoms with E-state index in [1.807, 2.05) is 0 Å². The first-order chi connectivity index (χ1) is 8.49. The zero-order valence-electron chi connectivity index (χ0n) is 9.95. The van der Waals surface area contributed by atoms with Gasteiger partial charge in [0.25, 0.3) is 5.69 Å². The molecular formula is C11H13NO6. The largest absolute Gasteiger partial charge is 0.493 e. The summed E-state index contributed by atoms with van der Waals surface area (Å²) in [5.41, 5.74) is -0.150. The third-order valence-corrected chi connectivity index (χ3v) is 2.27. The van der Waals surface area contributed by atoms with E-state index in [9.17, 15) is 14.9 Å². The van der Waals surface area contributed by atoms with Crippen LogP contribution in [0.5, 0.6) is 11.5 Å². The first-order valence-corrected chi connectivity index (χ1v) is 5.21.